The van der Waals surface area contributed by atoms with Crippen molar-refractivity contribution in [3.8, 4) is 73.4 Å². The minimum atomic E-state index is -2.79. The zero-order valence-electron chi connectivity index (χ0n) is 83.5. The van der Waals surface area contributed by atoms with Crippen molar-refractivity contribution in [2.24, 2.45) is 43.7 Å². The van der Waals surface area contributed by atoms with Crippen molar-refractivity contribution in [1.29, 1.82) is 0 Å². The molecule has 20 rings (SSSR count). The first-order valence-corrected chi connectivity index (χ1v) is 53.9. The molecule has 20 aromatic rings. The third-order valence-corrected chi connectivity index (χ3v) is 30.2. The molecule has 10 aromatic heterocycles. The van der Waals surface area contributed by atoms with Gasteiger partial charge < -0.3 is 54.7 Å². The van der Waals surface area contributed by atoms with Crippen LogP contribution in [0.25, 0.3) is 105 Å². The lowest BCUT2D eigenvalue weighted by Gasteiger charge is -2.15. The van der Waals surface area contributed by atoms with Gasteiger partial charge in [-0.05, 0) is 255 Å². The van der Waals surface area contributed by atoms with E-state index in [0.717, 1.165) is 173 Å². The number of methoxy groups -OCH3 is 1. The summed E-state index contributed by atoms with van der Waals surface area (Å²) in [4.78, 5) is 91.0. The van der Waals surface area contributed by atoms with E-state index in [-0.39, 0.29) is 29.7 Å². The molecule has 34 heteroatoms. The number of fused-ring (bicyclic) bond motifs is 5. The summed E-state index contributed by atoms with van der Waals surface area (Å²) < 4.78 is 44.6. The number of carbonyl (C=O) groups is 4. The zero-order chi connectivity index (χ0) is 103. The highest BCUT2D eigenvalue weighted by molar-refractivity contribution is 7.98. The lowest BCUT2D eigenvalue weighted by Crippen LogP contribution is -2.14. The summed E-state index contributed by atoms with van der Waals surface area (Å²) in [5.74, 6) is 8.71. The molecule has 1 unspecified atom stereocenters. The molecular formula is C111H112N18O9S7. The number of hydrogen-bond donors (Lipinski definition) is 5. The predicted molar refractivity (Wildman–Crippen MR) is 594 cm³/mol. The van der Waals surface area contributed by atoms with Crippen molar-refractivity contribution in [2.75, 3.05) is 24.4 Å². The van der Waals surface area contributed by atoms with Gasteiger partial charge in [-0.15, -0.1) is 68.0 Å². The number of Topliss-reactive ketones (excluding diaryl/α,β-unsaturated/α-hetero) is 2. The molecule has 145 heavy (non-hydrogen) atoms. The van der Waals surface area contributed by atoms with Crippen LogP contribution in [0, 0.1) is 33.6 Å². The smallest absolute Gasteiger partial charge is 0.248 e. The molecule has 10 aromatic carbocycles. The Bertz CT molecular complexity index is 8140. The average Bonchev–Trinajstić information content (AvgIpc) is 1.65. The van der Waals surface area contributed by atoms with E-state index in [0.29, 0.717) is 75.6 Å². The number of aryl methyl sites for hydroxylation is 7. The van der Waals surface area contributed by atoms with Gasteiger partial charge in [-0.25, -0.2) is 49.1 Å². The van der Waals surface area contributed by atoms with E-state index in [2.05, 4.69) is 128 Å². The lowest BCUT2D eigenvalue weighted by molar-refractivity contribution is 0.0991. The van der Waals surface area contributed by atoms with E-state index in [1.54, 1.807) is 126 Å². The van der Waals surface area contributed by atoms with Gasteiger partial charge in [0.25, 0.3) is 0 Å². The Morgan fingerprint density at radius 3 is 1.52 bits per heavy atom. The number of imidazole rings is 4. The number of nitrogens with zero attached hydrogens (tertiary/aromatic N) is 13. The first kappa shape index (κ1) is 103. The minimum Gasteiger partial charge on any atom is -0.496 e. The van der Waals surface area contributed by atoms with Gasteiger partial charge >= 0.3 is 0 Å². The van der Waals surface area contributed by atoms with Crippen molar-refractivity contribution in [1.82, 2.24) is 63.1 Å². The highest BCUT2D eigenvalue weighted by Gasteiger charge is 2.24. The lowest BCUT2D eigenvalue weighted by atomic mass is 9.92. The van der Waals surface area contributed by atoms with E-state index < -0.39 is 15.6 Å². The molecule has 0 aliphatic carbocycles. The van der Waals surface area contributed by atoms with Crippen LogP contribution in [0.5, 0.6) is 23.0 Å². The summed E-state index contributed by atoms with van der Waals surface area (Å²) in [7, 11) is 4.79. The van der Waals surface area contributed by atoms with Gasteiger partial charge in [-0.3, -0.25) is 28.9 Å². The van der Waals surface area contributed by atoms with Crippen molar-refractivity contribution in [3.05, 3.63) is 310 Å². The first-order valence-electron chi connectivity index (χ1n) is 46.9. The highest BCUT2D eigenvalue weighted by atomic mass is 32.2. The Balaban J connectivity index is 0.000000130. The standard InChI is InChI=1S/C24H26N4OS.C23H22N2O2S2.C22H22N4O2S.C21H22N4O2S2.C21H20N4O2S/c1-14(2)7-17-8-15(3)19(24(25)29)9-18(17)11-23-27-21(12-30-23)16-5-6-22-20(10-16)26-13-28(22)4;1-13(2)27-20-10-9-16(15(4)26)11-18(20)24-23-25-19(12-28-23)22-14(3)17-7-5-6-8-21(17)29-22;1-13(2)28-20-10-9-15(14(3)27)11-17(20)24-22-25-18(12-29-22)21-23-16-7-5-6-8-19(16)26(21)4;1-4-27-19-10-9-16(29(3,22)26)11-15(19)12-21-24-20(13-28-21)25-14(2)23-17-7-5-6-8-18(17)25;1-12-6-19(27-3)14(7-15(12)21(22)26)9-20-24-17(10-28-20)13-4-5-18-16(8-13)23-11-25(18)2/h5-6,8-10,12-14H,7,11H2,1-4H3,(H2,25,29);2*5-13H,1-4H3,(H,24,25);5-11,13H,3-4,12H2,1-2H3,(H2,22,26);4-8,10-11H,9H2,1-3H3,(H2,22,26). The number of hydrogen-bond acceptors (Lipinski definition) is 26. The van der Waals surface area contributed by atoms with Crippen LogP contribution in [0.3, 0.4) is 0 Å². The molecular weight excluding hydrogens is 1950 g/mol. The quantitative estimate of drug-likeness (QED) is 0.0215. The number of anilines is 4. The predicted octanol–water partition coefficient (Wildman–Crippen LogP) is 24.8. The Kier molecular flexibility index (Phi) is 32.0. The SMILES string of the molecule is C=S(N)(=O)c1ccc(OCC)c(Cc2nc(-n3c(C)nc4ccccc43)cs2)c1.CC(=O)c1ccc(OC(C)C)c(Nc2nc(-c3nc4ccccc4n3C)cs2)c1.CC(=O)c1ccc(OC(C)C)c(Nc2nc(-c3sc4ccccc4c3C)cs2)c1.COc1cc(C)c(C(N)=O)cc1Cc1nc(-c2ccc3c(c2)ncn3C)cs1.Cc1cc(CC(C)C)c(Cc2nc(-c3ccc4c(c3)ncn4C)cs2)cc1C(N)=O. The molecule has 0 radical (unpaired) electrons. The van der Waals surface area contributed by atoms with Crippen LogP contribution < -0.4 is 46.2 Å². The maximum absolute atomic E-state index is 12.2. The number of ketones is 2. The van der Waals surface area contributed by atoms with Crippen LogP contribution in [-0.2, 0) is 56.5 Å². The molecule has 2 amide bonds. The summed E-state index contributed by atoms with van der Waals surface area (Å²) in [6.45, 7) is 25.8. The third kappa shape index (κ3) is 24.3. The minimum absolute atomic E-state index is 0.00340. The number of aromatic nitrogens is 13. The number of para-hydroxylation sites is 4. The number of ether oxygens (including phenoxy) is 4. The van der Waals surface area contributed by atoms with E-state index in [1.165, 1.54) is 37.4 Å². The van der Waals surface area contributed by atoms with Gasteiger partial charge in [-0.1, -0.05) is 74.5 Å². The number of rotatable bonds is 29. The summed E-state index contributed by atoms with van der Waals surface area (Å²) in [5, 5.41) is 28.2. The largest absolute Gasteiger partial charge is 0.496 e. The normalized spacial score (nSPS) is 11.7. The van der Waals surface area contributed by atoms with E-state index >= 15 is 0 Å². The molecule has 0 spiro atoms. The summed E-state index contributed by atoms with van der Waals surface area (Å²) in [6.07, 6.45) is 6.46. The fourth-order valence-electron chi connectivity index (χ4n) is 16.7. The van der Waals surface area contributed by atoms with Gasteiger partial charge in [0.2, 0.25) is 11.8 Å². The summed E-state index contributed by atoms with van der Waals surface area (Å²) in [5.41, 5.74) is 35.9. The van der Waals surface area contributed by atoms with Crippen molar-refractivity contribution < 1.29 is 42.3 Å². The van der Waals surface area contributed by atoms with Gasteiger partial charge in [0.1, 0.15) is 40.3 Å². The molecule has 0 saturated heterocycles. The molecule has 0 fully saturated rings. The molecule has 0 bridgehead atoms. The molecule has 0 saturated carbocycles. The molecule has 742 valence electrons. The second-order valence-corrected chi connectivity index (χ2v) is 43.4. The molecule has 27 nitrogen and oxygen atoms in total. The van der Waals surface area contributed by atoms with Gasteiger partial charge in [0.05, 0.1) is 141 Å². The Hall–Kier alpha value is -14.8. The Labute approximate surface area is 865 Å². The number of primary amides is 2. The summed E-state index contributed by atoms with van der Waals surface area (Å²) in [6, 6.07) is 60.7. The van der Waals surface area contributed by atoms with Crippen molar-refractivity contribution in [3.63, 3.8) is 0 Å². The van der Waals surface area contributed by atoms with Crippen LogP contribution >= 0.6 is 68.0 Å². The molecule has 1 atom stereocenters. The molecule has 8 N–H and O–H groups in total. The second kappa shape index (κ2) is 45.0. The first-order chi connectivity index (χ1) is 69.5. The van der Waals surface area contributed by atoms with Gasteiger partial charge in [0, 0.05) is 121 Å². The van der Waals surface area contributed by atoms with E-state index in [9.17, 15) is 23.4 Å². The van der Waals surface area contributed by atoms with Crippen LogP contribution in [0.2, 0.25) is 0 Å². The number of benzene rings is 10. The van der Waals surface area contributed by atoms with E-state index in [1.807, 2.05) is 198 Å². The maximum atomic E-state index is 12.2. The molecule has 0 aliphatic rings. The molecule has 10 heterocycles. The number of nitrogens with two attached hydrogens (primary N) is 3. The monoisotopic (exact) mass is 2060 g/mol. The summed E-state index contributed by atoms with van der Waals surface area (Å²) >= 11 is 9.58. The number of amides is 2. The second-order valence-electron chi connectivity index (χ2n) is 35.9. The number of thiazole rings is 5. The van der Waals surface area contributed by atoms with Gasteiger partial charge in [0.15, 0.2) is 27.7 Å². The van der Waals surface area contributed by atoms with Crippen molar-refractivity contribution >= 4 is 183 Å². The van der Waals surface area contributed by atoms with E-state index in [4.69, 9.17) is 65.5 Å². The topological polar surface area (TPSA) is 360 Å². The number of thiophene rings is 1. The van der Waals surface area contributed by atoms with Crippen LogP contribution in [0.4, 0.5) is 21.6 Å². The average molecular weight is 2070 g/mol. The van der Waals surface area contributed by atoms with Gasteiger partial charge in [-0.2, -0.15) is 0 Å². The Morgan fingerprint density at radius 2 is 0.979 bits per heavy atom. The number of nitrogens with one attached hydrogen (secondary N) is 2. The van der Waals surface area contributed by atoms with Crippen molar-refractivity contribution in [2.45, 2.75) is 133 Å². The zero-order valence-corrected chi connectivity index (χ0v) is 89.2. The Morgan fingerprint density at radius 1 is 0.483 bits per heavy atom. The highest BCUT2D eigenvalue weighted by Crippen LogP contribution is 2.43. The molecule has 0 aliphatic heterocycles. The van der Waals surface area contributed by atoms with Crippen LogP contribution in [-0.4, -0.2) is 123 Å². The fraction of sp³-hybridized carbons (Fsp3) is 0.225. The fourth-order valence-corrected chi connectivity index (χ4v) is 22.5. The van der Waals surface area contributed by atoms with Crippen LogP contribution in [0.15, 0.2) is 233 Å². The maximum Gasteiger partial charge on any atom is 0.248 e. The van der Waals surface area contributed by atoms with Crippen LogP contribution in [0.1, 0.15) is 164 Å². The third-order valence-electron chi connectivity index (χ3n) is 23.8. The number of carbonyl (C=O) groups excluding carboxylic acids is 4.